The molecule has 5 nitrogen and oxygen atoms in total. The van der Waals surface area contributed by atoms with E-state index in [9.17, 15) is 18.6 Å². The Morgan fingerprint density at radius 1 is 0.909 bits per heavy atom. The zero-order chi connectivity index (χ0) is 23.5. The summed E-state index contributed by atoms with van der Waals surface area (Å²) in [5.41, 5.74) is 0.705. The van der Waals surface area contributed by atoms with E-state index in [1.54, 1.807) is 24.3 Å². The number of ether oxygens (including phenoxy) is 1. The molecule has 3 aromatic rings. The van der Waals surface area contributed by atoms with Crippen molar-refractivity contribution in [3.05, 3.63) is 77.9 Å². The van der Waals surface area contributed by atoms with Crippen molar-refractivity contribution in [3.8, 4) is 29.1 Å². The van der Waals surface area contributed by atoms with E-state index in [-0.39, 0.29) is 15.5 Å². The molecule has 1 fully saturated rings. The first kappa shape index (κ1) is 22.9. The second-order valence-corrected chi connectivity index (χ2v) is 10.2. The molecule has 1 aliphatic carbocycles. The van der Waals surface area contributed by atoms with Crippen LogP contribution in [0, 0.1) is 18.8 Å². The van der Waals surface area contributed by atoms with Gasteiger partial charge in [0.15, 0.2) is 0 Å². The van der Waals surface area contributed by atoms with Gasteiger partial charge in [-0.2, -0.15) is 0 Å². The summed E-state index contributed by atoms with van der Waals surface area (Å²) in [7, 11) is -3.85. The number of sulfone groups is 1. The Morgan fingerprint density at radius 2 is 1.61 bits per heavy atom. The second kappa shape index (κ2) is 9.30. The lowest BCUT2D eigenvalue weighted by atomic mass is 9.85. The quantitative estimate of drug-likeness (QED) is 0.509. The minimum absolute atomic E-state index is 0.0633. The lowest BCUT2D eigenvalue weighted by Gasteiger charge is -2.26. The molecular formula is C27H26O5S. The average molecular weight is 463 g/mol. The van der Waals surface area contributed by atoms with Gasteiger partial charge in [-0.3, -0.25) is 0 Å². The highest BCUT2D eigenvalue weighted by Gasteiger charge is 2.26. The van der Waals surface area contributed by atoms with Crippen LogP contribution in [0.5, 0.6) is 17.2 Å². The van der Waals surface area contributed by atoms with Gasteiger partial charge in [0, 0.05) is 11.1 Å². The molecule has 0 radical (unpaired) electrons. The highest BCUT2D eigenvalue weighted by molar-refractivity contribution is 7.91. The summed E-state index contributed by atoms with van der Waals surface area (Å²) < 4.78 is 31.6. The highest BCUT2D eigenvalue weighted by atomic mass is 32.2. The molecule has 4 rings (SSSR count). The van der Waals surface area contributed by atoms with Gasteiger partial charge in [0.1, 0.15) is 27.7 Å². The molecule has 0 atom stereocenters. The van der Waals surface area contributed by atoms with Crippen LogP contribution in [-0.4, -0.2) is 24.2 Å². The van der Waals surface area contributed by atoms with Crippen LogP contribution in [0.25, 0.3) is 0 Å². The number of aromatic hydroxyl groups is 1. The molecule has 0 aromatic heterocycles. The number of rotatable bonds is 4. The van der Waals surface area contributed by atoms with Crippen LogP contribution in [0.15, 0.2) is 76.5 Å². The average Bonchev–Trinajstić information content (AvgIpc) is 2.81. The Balaban J connectivity index is 1.55. The topological polar surface area (TPSA) is 83.8 Å². The number of benzene rings is 3. The molecule has 3 aromatic carbocycles. The van der Waals surface area contributed by atoms with Gasteiger partial charge >= 0.3 is 0 Å². The van der Waals surface area contributed by atoms with Crippen LogP contribution in [-0.2, 0) is 9.84 Å². The fourth-order valence-electron chi connectivity index (χ4n) is 3.93. The van der Waals surface area contributed by atoms with E-state index in [0.717, 1.165) is 30.4 Å². The first-order valence-electron chi connectivity index (χ1n) is 10.9. The van der Waals surface area contributed by atoms with Gasteiger partial charge in [-0.1, -0.05) is 36.5 Å². The number of para-hydroxylation sites is 1. The predicted molar refractivity (Wildman–Crippen MR) is 126 cm³/mol. The van der Waals surface area contributed by atoms with Crippen molar-refractivity contribution < 1.29 is 23.4 Å². The third-order valence-electron chi connectivity index (χ3n) is 5.91. The third kappa shape index (κ3) is 5.05. The van der Waals surface area contributed by atoms with Crippen molar-refractivity contribution in [2.45, 2.75) is 54.4 Å². The minimum Gasteiger partial charge on any atom is -0.507 e. The number of phenols is 1. The molecule has 0 unspecified atom stereocenters. The van der Waals surface area contributed by atoms with E-state index in [4.69, 9.17) is 4.74 Å². The van der Waals surface area contributed by atoms with E-state index in [1.807, 2.05) is 25.1 Å². The normalized spacial score (nSPS) is 15.3. The summed E-state index contributed by atoms with van der Waals surface area (Å²) in [5.74, 6) is 6.97. The number of hydrogen-bond acceptors (Lipinski definition) is 5. The zero-order valence-corrected chi connectivity index (χ0v) is 19.2. The first-order valence-corrected chi connectivity index (χ1v) is 12.4. The van der Waals surface area contributed by atoms with Crippen molar-refractivity contribution in [3.63, 3.8) is 0 Å². The lowest BCUT2D eigenvalue weighted by Crippen LogP contribution is -2.29. The Labute approximate surface area is 194 Å². The summed E-state index contributed by atoms with van der Waals surface area (Å²) >= 11 is 0. The van der Waals surface area contributed by atoms with Crippen molar-refractivity contribution in [2.24, 2.45) is 0 Å². The second-order valence-electron chi connectivity index (χ2n) is 8.32. The Bertz CT molecular complexity index is 1310. The lowest BCUT2D eigenvalue weighted by molar-refractivity contribution is 0.0610. The molecule has 0 bridgehead atoms. The van der Waals surface area contributed by atoms with Gasteiger partial charge in [0.05, 0.1) is 4.90 Å². The third-order valence-corrected chi connectivity index (χ3v) is 7.73. The summed E-state index contributed by atoms with van der Waals surface area (Å²) in [5, 5.41) is 20.6. The van der Waals surface area contributed by atoms with E-state index in [0.29, 0.717) is 24.3 Å². The summed E-state index contributed by atoms with van der Waals surface area (Å²) in [6, 6.07) is 17.5. The smallest absolute Gasteiger partial charge is 0.210 e. The maximum absolute atomic E-state index is 12.8. The fourth-order valence-corrected chi connectivity index (χ4v) is 5.28. The van der Waals surface area contributed by atoms with Crippen LogP contribution in [0.1, 0.15) is 43.2 Å². The van der Waals surface area contributed by atoms with E-state index >= 15 is 0 Å². The van der Waals surface area contributed by atoms with Crippen LogP contribution >= 0.6 is 0 Å². The largest absolute Gasteiger partial charge is 0.507 e. The van der Waals surface area contributed by atoms with Crippen LogP contribution < -0.4 is 4.74 Å². The number of hydrogen-bond donors (Lipinski definition) is 2. The van der Waals surface area contributed by atoms with Gasteiger partial charge in [0.2, 0.25) is 9.84 Å². The molecule has 33 heavy (non-hydrogen) atoms. The van der Waals surface area contributed by atoms with E-state index in [2.05, 4.69) is 11.8 Å². The van der Waals surface area contributed by atoms with Crippen molar-refractivity contribution in [1.29, 1.82) is 0 Å². The maximum Gasteiger partial charge on any atom is 0.210 e. The molecule has 1 aliphatic rings. The maximum atomic E-state index is 12.8. The van der Waals surface area contributed by atoms with Gasteiger partial charge in [0.25, 0.3) is 0 Å². The number of aliphatic hydroxyl groups is 1. The van der Waals surface area contributed by atoms with Gasteiger partial charge in [-0.15, -0.1) is 0 Å². The molecule has 0 heterocycles. The van der Waals surface area contributed by atoms with Gasteiger partial charge in [-0.05, 0) is 81.1 Å². The molecular weight excluding hydrogens is 436 g/mol. The zero-order valence-electron chi connectivity index (χ0n) is 18.4. The SMILES string of the molecule is Cc1c(C#CC2(O)CCCCC2)cccc1Oc1ccc(S(=O)(=O)c2ccccc2O)cc1. The molecule has 2 N–H and O–H groups in total. The monoisotopic (exact) mass is 462 g/mol. The first-order chi connectivity index (χ1) is 15.8. The van der Waals surface area contributed by atoms with Gasteiger partial charge in [-0.25, -0.2) is 8.42 Å². The molecule has 6 heteroatoms. The van der Waals surface area contributed by atoms with Crippen molar-refractivity contribution >= 4 is 9.84 Å². The summed E-state index contributed by atoms with van der Waals surface area (Å²) in [4.78, 5) is -0.0752. The highest BCUT2D eigenvalue weighted by Crippen LogP contribution is 2.32. The number of phenolic OH excluding ortho intramolecular Hbond substituents is 1. The molecule has 0 amide bonds. The Kier molecular flexibility index (Phi) is 6.46. The van der Waals surface area contributed by atoms with Crippen LogP contribution in [0.3, 0.4) is 0 Å². The Morgan fingerprint density at radius 3 is 2.30 bits per heavy atom. The van der Waals surface area contributed by atoms with Gasteiger partial charge < -0.3 is 14.9 Å². The van der Waals surface area contributed by atoms with Crippen LogP contribution in [0.2, 0.25) is 0 Å². The molecule has 170 valence electrons. The predicted octanol–water partition coefficient (Wildman–Crippen LogP) is 5.37. The standard InChI is InChI=1S/C27H26O5S/c1-20-21(16-19-27(29)17-5-2-6-18-27)8-7-10-25(20)32-22-12-14-23(15-13-22)33(30,31)26-11-4-3-9-24(26)28/h3-4,7-15,28-29H,2,5-6,17-18H2,1H3. The van der Waals surface area contributed by atoms with E-state index < -0.39 is 15.4 Å². The fraction of sp³-hybridized carbons (Fsp3) is 0.259. The summed E-state index contributed by atoms with van der Waals surface area (Å²) in [6.07, 6.45) is 4.52. The van der Waals surface area contributed by atoms with Crippen molar-refractivity contribution in [2.75, 3.05) is 0 Å². The Hall–Kier alpha value is -3.27. The molecule has 0 spiro atoms. The van der Waals surface area contributed by atoms with Crippen molar-refractivity contribution in [1.82, 2.24) is 0 Å². The summed E-state index contributed by atoms with van der Waals surface area (Å²) in [6.45, 7) is 1.90. The molecule has 1 saturated carbocycles. The molecule has 0 aliphatic heterocycles. The minimum atomic E-state index is -3.85. The molecule has 0 saturated heterocycles. The van der Waals surface area contributed by atoms with E-state index in [1.165, 1.54) is 24.3 Å². The van der Waals surface area contributed by atoms with Crippen LogP contribution in [0.4, 0.5) is 0 Å².